The first kappa shape index (κ1) is 16.4. The van der Waals surface area contributed by atoms with Gasteiger partial charge in [-0.05, 0) is 23.8 Å². The van der Waals surface area contributed by atoms with Crippen molar-refractivity contribution < 1.29 is 14.2 Å². The Morgan fingerprint density at radius 2 is 2.04 bits per heavy atom. The van der Waals surface area contributed by atoms with E-state index in [1.54, 1.807) is 6.92 Å². The molecule has 0 spiro atoms. The number of benzene rings is 1. The van der Waals surface area contributed by atoms with Crippen molar-refractivity contribution in [1.82, 2.24) is 5.16 Å². The largest absolute Gasteiger partial charge is 0.360 e. The maximum absolute atomic E-state index is 11.5. The number of hydrogen-bond donors (Lipinski definition) is 0. The summed E-state index contributed by atoms with van der Waals surface area (Å²) in [4.78, 5) is 16.5. The van der Waals surface area contributed by atoms with Crippen LogP contribution in [0.5, 0.6) is 0 Å². The number of carbonyl (C=O) groups is 1. The summed E-state index contributed by atoms with van der Waals surface area (Å²) in [5.41, 5.74) is 3.69. The minimum absolute atomic E-state index is 0.00530. The fourth-order valence-corrected chi connectivity index (χ4v) is 3.02. The van der Waals surface area contributed by atoms with E-state index in [4.69, 9.17) is 9.36 Å². The minimum atomic E-state index is -0.339. The molecular formula is C19H22N2O3. The van der Waals surface area contributed by atoms with Gasteiger partial charge in [-0.2, -0.15) is 0 Å². The Bertz CT molecular complexity index is 760. The maximum Gasteiger partial charge on any atom is 0.334 e. The highest BCUT2D eigenvalue weighted by atomic mass is 16.7. The second kappa shape index (κ2) is 6.59. The third kappa shape index (κ3) is 3.55. The van der Waals surface area contributed by atoms with E-state index in [9.17, 15) is 4.79 Å². The van der Waals surface area contributed by atoms with Crippen LogP contribution in [-0.4, -0.2) is 16.8 Å². The first-order valence-corrected chi connectivity index (χ1v) is 8.27. The molecule has 0 saturated carbocycles. The SMILES string of the molecule is CCC(=O)ON=C1CC(C)(C)Cc2noc(Cc3ccccc3)c21. The van der Waals surface area contributed by atoms with Gasteiger partial charge in [0.2, 0.25) is 0 Å². The highest BCUT2D eigenvalue weighted by Gasteiger charge is 2.35. The molecule has 2 aromatic rings. The Morgan fingerprint density at radius 1 is 1.29 bits per heavy atom. The van der Waals surface area contributed by atoms with Crippen LogP contribution in [0.15, 0.2) is 40.0 Å². The molecule has 1 aromatic carbocycles. The molecule has 0 N–H and O–H groups in total. The number of hydrogen-bond acceptors (Lipinski definition) is 5. The van der Waals surface area contributed by atoms with Crippen molar-refractivity contribution >= 4 is 11.7 Å². The molecule has 0 fully saturated rings. The van der Waals surface area contributed by atoms with Crippen LogP contribution in [0.3, 0.4) is 0 Å². The monoisotopic (exact) mass is 326 g/mol. The fraction of sp³-hybridized carbons (Fsp3) is 0.421. The standard InChI is InChI=1S/C19H22N2O3/c1-4-17(22)24-21-15-12-19(2,3)11-14-18(15)16(23-20-14)10-13-8-6-5-7-9-13/h5-9H,4,10-12H2,1-3H3. The second-order valence-corrected chi connectivity index (χ2v) is 6.96. The molecular weight excluding hydrogens is 304 g/mol. The number of oxime groups is 1. The summed E-state index contributed by atoms with van der Waals surface area (Å²) >= 11 is 0. The molecule has 0 aliphatic heterocycles. The number of fused-ring (bicyclic) bond motifs is 1. The number of rotatable bonds is 4. The Hall–Kier alpha value is -2.43. The summed E-state index contributed by atoms with van der Waals surface area (Å²) in [5, 5.41) is 8.38. The lowest BCUT2D eigenvalue weighted by Crippen LogP contribution is -2.28. The lowest BCUT2D eigenvalue weighted by molar-refractivity contribution is -0.143. The van der Waals surface area contributed by atoms with Crippen LogP contribution in [0, 0.1) is 5.41 Å². The van der Waals surface area contributed by atoms with E-state index in [0.29, 0.717) is 12.8 Å². The Kier molecular flexibility index (Phi) is 4.51. The molecule has 0 atom stereocenters. The molecule has 0 amide bonds. The molecule has 0 unspecified atom stereocenters. The van der Waals surface area contributed by atoms with E-state index in [1.807, 2.05) is 18.2 Å². The van der Waals surface area contributed by atoms with E-state index in [-0.39, 0.29) is 11.4 Å². The number of carbonyl (C=O) groups excluding carboxylic acids is 1. The smallest absolute Gasteiger partial charge is 0.334 e. The van der Waals surface area contributed by atoms with Crippen molar-refractivity contribution in [2.45, 2.75) is 46.5 Å². The molecule has 0 bridgehead atoms. The van der Waals surface area contributed by atoms with Crippen molar-refractivity contribution in [2.24, 2.45) is 10.6 Å². The minimum Gasteiger partial charge on any atom is -0.360 e. The first-order valence-electron chi connectivity index (χ1n) is 8.27. The molecule has 5 nitrogen and oxygen atoms in total. The lowest BCUT2D eigenvalue weighted by atomic mass is 9.75. The van der Waals surface area contributed by atoms with Gasteiger partial charge >= 0.3 is 5.97 Å². The van der Waals surface area contributed by atoms with Gasteiger partial charge in [0.1, 0.15) is 0 Å². The van der Waals surface area contributed by atoms with E-state index in [1.165, 1.54) is 0 Å². The van der Waals surface area contributed by atoms with Gasteiger partial charge in [-0.3, -0.25) is 0 Å². The number of aromatic nitrogens is 1. The predicted molar refractivity (Wildman–Crippen MR) is 90.8 cm³/mol. The molecule has 0 saturated heterocycles. The van der Waals surface area contributed by atoms with Crippen LogP contribution in [0.25, 0.3) is 0 Å². The summed E-state index contributed by atoms with van der Waals surface area (Å²) in [5.74, 6) is 0.437. The summed E-state index contributed by atoms with van der Waals surface area (Å²) in [6.07, 6.45) is 2.49. The first-order chi connectivity index (χ1) is 11.5. The Morgan fingerprint density at radius 3 is 2.75 bits per heavy atom. The summed E-state index contributed by atoms with van der Waals surface area (Å²) in [6.45, 7) is 6.05. The van der Waals surface area contributed by atoms with Crippen LogP contribution in [0.1, 0.15) is 56.2 Å². The average Bonchev–Trinajstić information content (AvgIpc) is 2.94. The fourth-order valence-electron chi connectivity index (χ4n) is 3.02. The van der Waals surface area contributed by atoms with Gasteiger partial charge in [0, 0.05) is 12.8 Å². The van der Waals surface area contributed by atoms with Crippen molar-refractivity contribution in [3.63, 3.8) is 0 Å². The molecule has 0 radical (unpaired) electrons. The zero-order chi connectivity index (χ0) is 17.2. The molecule has 24 heavy (non-hydrogen) atoms. The normalized spacial score (nSPS) is 17.5. The Balaban J connectivity index is 1.95. The van der Waals surface area contributed by atoms with Gasteiger partial charge in [-0.1, -0.05) is 61.4 Å². The van der Waals surface area contributed by atoms with Crippen molar-refractivity contribution in [2.75, 3.05) is 0 Å². The number of nitrogens with zero attached hydrogens (tertiary/aromatic N) is 2. The quantitative estimate of drug-likeness (QED) is 0.631. The molecule has 126 valence electrons. The van der Waals surface area contributed by atoms with Gasteiger partial charge < -0.3 is 9.36 Å². The molecule has 1 aliphatic carbocycles. The summed E-state index contributed by atoms with van der Waals surface area (Å²) < 4.78 is 5.61. The van der Waals surface area contributed by atoms with E-state index < -0.39 is 0 Å². The molecule has 5 heteroatoms. The summed E-state index contributed by atoms with van der Waals surface area (Å²) in [7, 11) is 0. The van der Waals surface area contributed by atoms with Crippen molar-refractivity contribution in [1.29, 1.82) is 0 Å². The average molecular weight is 326 g/mol. The van der Waals surface area contributed by atoms with Crippen molar-refractivity contribution in [3.8, 4) is 0 Å². The molecule has 3 rings (SSSR count). The lowest BCUT2D eigenvalue weighted by Gasteiger charge is -2.28. The molecule has 1 aromatic heterocycles. The van der Waals surface area contributed by atoms with Gasteiger partial charge in [0.05, 0.1) is 17.0 Å². The maximum atomic E-state index is 11.5. The second-order valence-electron chi connectivity index (χ2n) is 6.96. The van der Waals surface area contributed by atoms with Gasteiger partial charge in [0.25, 0.3) is 0 Å². The van der Waals surface area contributed by atoms with Crippen molar-refractivity contribution in [3.05, 3.63) is 52.9 Å². The highest BCUT2D eigenvalue weighted by molar-refractivity contribution is 6.03. The van der Waals surface area contributed by atoms with E-state index in [2.05, 4.69) is 36.3 Å². The topological polar surface area (TPSA) is 64.7 Å². The van der Waals surface area contributed by atoms with Crippen LogP contribution < -0.4 is 0 Å². The van der Waals surface area contributed by atoms with E-state index in [0.717, 1.165) is 41.1 Å². The molecule has 1 aliphatic rings. The van der Waals surface area contributed by atoms with Crippen LogP contribution in [0.2, 0.25) is 0 Å². The zero-order valence-corrected chi connectivity index (χ0v) is 14.3. The van der Waals surface area contributed by atoms with Gasteiger partial charge in [-0.25, -0.2) is 4.79 Å². The summed E-state index contributed by atoms with van der Waals surface area (Å²) in [6, 6.07) is 10.1. The van der Waals surface area contributed by atoms with Crippen LogP contribution >= 0.6 is 0 Å². The predicted octanol–water partition coefficient (Wildman–Crippen LogP) is 3.90. The third-order valence-corrected chi connectivity index (χ3v) is 4.17. The highest BCUT2D eigenvalue weighted by Crippen LogP contribution is 2.36. The van der Waals surface area contributed by atoms with Gasteiger partial charge in [-0.15, -0.1) is 0 Å². The zero-order valence-electron chi connectivity index (χ0n) is 14.3. The molecule has 1 heterocycles. The van der Waals surface area contributed by atoms with Crippen LogP contribution in [-0.2, 0) is 22.5 Å². The Labute approximate surface area is 141 Å². The van der Waals surface area contributed by atoms with Crippen LogP contribution in [0.4, 0.5) is 0 Å². The third-order valence-electron chi connectivity index (χ3n) is 4.17. The van der Waals surface area contributed by atoms with Gasteiger partial charge in [0.15, 0.2) is 5.76 Å². The van der Waals surface area contributed by atoms with E-state index >= 15 is 0 Å².